The Morgan fingerprint density at radius 3 is 1.86 bits per heavy atom. The van der Waals surface area contributed by atoms with Crippen molar-refractivity contribution in [3.63, 3.8) is 0 Å². The van der Waals surface area contributed by atoms with E-state index in [0.717, 1.165) is 5.56 Å². The van der Waals surface area contributed by atoms with E-state index in [1.165, 1.54) is 19.1 Å². The minimum atomic E-state index is -1.22. The molecule has 0 aliphatic heterocycles. The highest BCUT2D eigenvalue weighted by Crippen LogP contribution is 2.12. The van der Waals surface area contributed by atoms with Crippen LogP contribution in [-0.4, -0.2) is 58.1 Å². The molecule has 0 fully saturated rings. The zero-order valence-corrected chi connectivity index (χ0v) is 21.3. The Bertz CT molecular complexity index is 1060. The lowest BCUT2D eigenvalue weighted by Gasteiger charge is -2.24. The van der Waals surface area contributed by atoms with Gasteiger partial charge < -0.3 is 31.9 Å². The number of amides is 3. The summed E-state index contributed by atoms with van der Waals surface area (Å²) in [5.41, 5.74) is 7.25. The summed E-state index contributed by atoms with van der Waals surface area (Å²) in [7, 11) is 0. The molecule has 200 valence electrons. The van der Waals surface area contributed by atoms with Gasteiger partial charge in [-0.1, -0.05) is 56.3 Å². The molecule has 0 bridgehead atoms. The van der Waals surface area contributed by atoms with Crippen molar-refractivity contribution in [3.8, 4) is 5.75 Å². The van der Waals surface area contributed by atoms with E-state index < -0.39 is 47.9 Å². The van der Waals surface area contributed by atoms with Crippen LogP contribution >= 0.6 is 0 Å². The first-order valence-electron chi connectivity index (χ1n) is 12.2. The Balaban J connectivity index is 2.15. The number of carboxylic acids is 1. The highest BCUT2D eigenvalue weighted by Gasteiger charge is 2.29. The molecule has 0 spiro atoms. The minimum Gasteiger partial charge on any atom is -0.508 e. The Kier molecular flexibility index (Phi) is 11.1. The maximum absolute atomic E-state index is 13.2. The molecule has 0 unspecified atom stereocenters. The number of hydrogen-bond donors (Lipinski definition) is 6. The van der Waals surface area contributed by atoms with Gasteiger partial charge in [0, 0.05) is 12.8 Å². The fourth-order valence-corrected chi connectivity index (χ4v) is 3.70. The van der Waals surface area contributed by atoms with Gasteiger partial charge in [-0.15, -0.1) is 0 Å². The van der Waals surface area contributed by atoms with Crippen molar-refractivity contribution >= 4 is 23.7 Å². The van der Waals surface area contributed by atoms with Gasteiger partial charge in [0.1, 0.15) is 23.9 Å². The van der Waals surface area contributed by atoms with E-state index in [9.17, 15) is 29.4 Å². The smallest absolute Gasteiger partial charge is 0.326 e. The Morgan fingerprint density at radius 1 is 0.757 bits per heavy atom. The van der Waals surface area contributed by atoms with Crippen LogP contribution in [0.1, 0.15) is 38.3 Å². The number of benzene rings is 2. The SMILES string of the molecule is CC(C)C[C@H](N)C(=O)N[C@@H](C)C(=O)N[C@@H](Cc1ccc(O)cc1)C(=O)N[C@@H](Cc1ccccc1)C(=O)O. The number of carbonyl (C=O) groups is 4. The summed E-state index contributed by atoms with van der Waals surface area (Å²) >= 11 is 0. The quantitative estimate of drug-likeness (QED) is 0.233. The summed E-state index contributed by atoms with van der Waals surface area (Å²) in [6.07, 6.45) is 0.537. The van der Waals surface area contributed by atoms with E-state index in [0.29, 0.717) is 12.0 Å². The summed E-state index contributed by atoms with van der Waals surface area (Å²) < 4.78 is 0. The molecule has 0 aromatic heterocycles. The van der Waals surface area contributed by atoms with Crippen molar-refractivity contribution in [1.82, 2.24) is 16.0 Å². The van der Waals surface area contributed by atoms with Crippen LogP contribution in [0.25, 0.3) is 0 Å². The maximum atomic E-state index is 13.2. The first-order chi connectivity index (χ1) is 17.5. The maximum Gasteiger partial charge on any atom is 0.326 e. The van der Waals surface area contributed by atoms with E-state index in [1.807, 2.05) is 13.8 Å². The molecule has 2 aromatic rings. The lowest BCUT2D eigenvalue weighted by molar-refractivity contribution is -0.142. The molecule has 0 aliphatic carbocycles. The molecule has 2 rings (SSSR count). The number of carbonyl (C=O) groups excluding carboxylic acids is 3. The number of hydrogen-bond acceptors (Lipinski definition) is 6. The van der Waals surface area contributed by atoms with Gasteiger partial charge in [-0.25, -0.2) is 4.79 Å². The molecule has 0 saturated heterocycles. The fourth-order valence-electron chi connectivity index (χ4n) is 3.70. The van der Waals surface area contributed by atoms with E-state index in [-0.39, 0.29) is 24.5 Å². The number of phenolic OH excluding ortho intramolecular Hbond substituents is 1. The van der Waals surface area contributed by atoms with Crippen LogP contribution in [-0.2, 0) is 32.0 Å². The molecule has 37 heavy (non-hydrogen) atoms. The molecule has 10 heteroatoms. The molecule has 0 radical (unpaired) electrons. The number of nitrogens with two attached hydrogens (primary N) is 1. The summed E-state index contributed by atoms with van der Waals surface area (Å²) in [4.78, 5) is 50.3. The van der Waals surface area contributed by atoms with Crippen LogP contribution in [0.5, 0.6) is 5.75 Å². The number of aliphatic carboxylic acids is 1. The monoisotopic (exact) mass is 512 g/mol. The van der Waals surface area contributed by atoms with E-state index >= 15 is 0 Å². The highest BCUT2D eigenvalue weighted by atomic mass is 16.4. The van der Waals surface area contributed by atoms with Crippen LogP contribution in [0.2, 0.25) is 0 Å². The average Bonchev–Trinajstić information content (AvgIpc) is 2.84. The molecule has 0 aliphatic rings. The standard InChI is InChI=1S/C27H36N4O6/c1-16(2)13-21(28)25(34)29-17(3)24(33)30-22(14-19-9-11-20(32)12-10-19)26(35)31-23(27(36)37)15-18-7-5-4-6-8-18/h4-12,16-17,21-23,32H,13-15,28H2,1-3H3,(H,29,34)(H,30,33)(H,31,35)(H,36,37)/t17-,21-,22-,23-/m0/s1. The van der Waals surface area contributed by atoms with E-state index in [4.69, 9.17) is 5.73 Å². The van der Waals surface area contributed by atoms with Gasteiger partial charge in [-0.3, -0.25) is 14.4 Å². The molecule has 10 nitrogen and oxygen atoms in total. The number of carboxylic acid groups (broad SMARTS) is 1. The second-order valence-electron chi connectivity index (χ2n) is 9.49. The third-order valence-corrected chi connectivity index (χ3v) is 5.72. The lowest BCUT2D eigenvalue weighted by atomic mass is 10.0. The summed E-state index contributed by atoms with van der Waals surface area (Å²) in [5, 5.41) is 26.9. The van der Waals surface area contributed by atoms with Gasteiger partial charge in [0.25, 0.3) is 0 Å². The number of rotatable bonds is 13. The Morgan fingerprint density at radius 2 is 1.30 bits per heavy atom. The normalized spacial score (nSPS) is 14.2. The van der Waals surface area contributed by atoms with Gasteiger partial charge in [0.15, 0.2) is 0 Å². The van der Waals surface area contributed by atoms with Gasteiger partial charge in [-0.05, 0) is 42.5 Å². The van der Waals surface area contributed by atoms with Crippen molar-refractivity contribution in [2.24, 2.45) is 11.7 Å². The predicted molar refractivity (Wildman–Crippen MR) is 138 cm³/mol. The zero-order valence-electron chi connectivity index (χ0n) is 21.3. The van der Waals surface area contributed by atoms with Crippen molar-refractivity contribution in [2.45, 2.75) is 64.2 Å². The topological polar surface area (TPSA) is 171 Å². The summed E-state index contributed by atoms with van der Waals surface area (Å²) in [5.74, 6) is -2.78. The molecule has 0 heterocycles. The van der Waals surface area contributed by atoms with Crippen LogP contribution in [0, 0.1) is 5.92 Å². The largest absolute Gasteiger partial charge is 0.508 e. The molecule has 3 amide bonds. The van der Waals surface area contributed by atoms with Crippen LogP contribution in [0.15, 0.2) is 54.6 Å². The van der Waals surface area contributed by atoms with Gasteiger partial charge >= 0.3 is 5.97 Å². The Labute approximate surface area is 216 Å². The summed E-state index contributed by atoms with van der Waals surface area (Å²) in [6.45, 7) is 5.33. The molecular weight excluding hydrogens is 476 g/mol. The van der Waals surface area contributed by atoms with Crippen LogP contribution in [0.4, 0.5) is 0 Å². The predicted octanol–water partition coefficient (Wildman–Crippen LogP) is 1.11. The molecule has 4 atom stereocenters. The van der Waals surface area contributed by atoms with Crippen molar-refractivity contribution in [2.75, 3.05) is 0 Å². The number of aromatic hydroxyl groups is 1. The van der Waals surface area contributed by atoms with Crippen molar-refractivity contribution in [1.29, 1.82) is 0 Å². The molecule has 7 N–H and O–H groups in total. The number of phenols is 1. The molecular formula is C27H36N4O6. The summed E-state index contributed by atoms with van der Waals surface area (Å²) in [6, 6.07) is 10.8. The second-order valence-corrected chi connectivity index (χ2v) is 9.49. The van der Waals surface area contributed by atoms with E-state index in [1.54, 1.807) is 42.5 Å². The third kappa shape index (κ3) is 9.92. The minimum absolute atomic E-state index is 0.0308. The second kappa shape index (κ2) is 14.0. The van der Waals surface area contributed by atoms with Crippen molar-refractivity contribution in [3.05, 3.63) is 65.7 Å². The molecule has 2 aromatic carbocycles. The number of nitrogens with one attached hydrogen (secondary N) is 3. The zero-order chi connectivity index (χ0) is 27.5. The van der Waals surface area contributed by atoms with Gasteiger partial charge in [-0.2, -0.15) is 0 Å². The average molecular weight is 513 g/mol. The third-order valence-electron chi connectivity index (χ3n) is 5.72. The van der Waals surface area contributed by atoms with Gasteiger partial charge in [0.2, 0.25) is 17.7 Å². The first-order valence-corrected chi connectivity index (χ1v) is 12.2. The lowest BCUT2D eigenvalue weighted by Crippen LogP contribution is -2.57. The Hall–Kier alpha value is -3.92. The van der Waals surface area contributed by atoms with Crippen molar-refractivity contribution < 1.29 is 29.4 Å². The first kappa shape index (κ1) is 29.3. The fraction of sp³-hybridized carbons (Fsp3) is 0.407. The molecule has 0 saturated carbocycles. The van der Waals surface area contributed by atoms with E-state index in [2.05, 4.69) is 16.0 Å². The van der Waals surface area contributed by atoms with Crippen LogP contribution < -0.4 is 21.7 Å². The highest BCUT2D eigenvalue weighted by molar-refractivity contribution is 5.94. The van der Waals surface area contributed by atoms with Gasteiger partial charge in [0.05, 0.1) is 6.04 Å². The van der Waals surface area contributed by atoms with Crippen LogP contribution in [0.3, 0.4) is 0 Å².